The molecule has 0 amide bonds. The number of rotatable bonds is 20. The largest absolute Gasteiger partial charge is 0.611 e. The highest BCUT2D eigenvalue weighted by Gasteiger charge is 2.33. The number of carbonyl (C=O) groups is 2. The summed E-state index contributed by atoms with van der Waals surface area (Å²) in [5.41, 5.74) is 14.5. The number of ether oxygens (including phenoxy) is 4. The van der Waals surface area contributed by atoms with Crippen LogP contribution >= 0.6 is 22.7 Å². The predicted molar refractivity (Wildman–Crippen MR) is 260 cm³/mol. The Balaban J connectivity index is 0.995. The Morgan fingerprint density at radius 2 is 1.38 bits per heavy atom. The normalized spacial score (nSPS) is 12.3. The molecule has 4 aromatic heterocycles. The quantitative estimate of drug-likeness (QED) is 0.0567. The first-order chi connectivity index (χ1) is 32.0. The second-order valence-corrected chi connectivity index (χ2v) is 19.7. The molecule has 0 saturated carbocycles. The van der Waals surface area contributed by atoms with Gasteiger partial charge in [0.15, 0.2) is 0 Å². The zero-order chi connectivity index (χ0) is 46.2. The van der Waals surface area contributed by atoms with E-state index in [0.29, 0.717) is 54.5 Å². The number of hydrogen-bond donors (Lipinski definition) is 1. The van der Waals surface area contributed by atoms with Crippen LogP contribution in [0.15, 0.2) is 116 Å². The second-order valence-electron chi connectivity index (χ2n) is 16.0. The summed E-state index contributed by atoms with van der Waals surface area (Å²) < 4.78 is 48.5. The summed E-state index contributed by atoms with van der Waals surface area (Å²) in [4.78, 5) is 34.2. The number of aromatic nitrogens is 2. The van der Waals surface area contributed by atoms with Crippen molar-refractivity contribution in [2.45, 2.75) is 71.5 Å². The van der Waals surface area contributed by atoms with Crippen molar-refractivity contribution >= 4 is 73.8 Å². The highest BCUT2D eigenvalue weighted by Crippen LogP contribution is 2.39. The van der Waals surface area contributed by atoms with Gasteiger partial charge in [0.05, 0.1) is 61.1 Å². The van der Waals surface area contributed by atoms with Crippen molar-refractivity contribution in [1.82, 2.24) is 9.97 Å². The Morgan fingerprint density at radius 1 is 0.773 bits per heavy atom. The van der Waals surface area contributed by atoms with E-state index in [2.05, 4.69) is 0 Å². The first-order valence-corrected chi connectivity index (χ1v) is 24.4. The van der Waals surface area contributed by atoms with E-state index in [1.807, 2.05) is 103 Å². The Bertz CT molecular complexity index is 3000. The number of fused-ring (bicyclic) bond motifs is 2. The fraction of sp³-hybridized carbons (Fsp3) is 0.255. The van der Waals surface area contributed by atoms with Gasteiger partial charge in [0.2, 0.25) is 0 Å². The van der Waals surface area contributed by atoms with E-state index in [0.717, 1.165) is 65.4 Å². The molecule has 0 radical (unpaired) electrons. The van der Waals surface area contributed by atoms with Crippen LogP contribution in [0.3, 0.4) is 0 Å². The van der Waals surface area contributed by atoms with Crippen molar-refractivity contribution in [3.05, 3.63) is 147 Å². The SMILES string of the molecule is CCOC(=O)Cc1ccccc1OCc1cc(-c2nc(/C=C/[S+]([O-])C(C)(C)Cc3coc4c(-c5nc(CN)cs5)cc(COc5ccccc5CC(=O)OCC)cc34)cs2)c2occc2c1. The molecule has 0 spiro atoms. The van der Waals surface area contributed by atoms with Crippen LogP contribution in [0.1, 0.15) is 66.9 Å². The van der Waals surface area contributed by atoms with Gasteiger partial charge in [0.1, 0.15) is 56.0 Å². The summed E-state index contributed by atoms with van der Waals surface area (Å²) in [5.74, 6) is 0.577. The van der Waals surface area contributed by atoms with Crippen molar-refractivity contribution in [1.29, 1.82) is 0 Å². The summed E-state index contributed by atoms with van der Waals surface area (Å²) in [6.07, 6.45) is 5.84. The fourth-order valence-electron chi connectivity index (χ4n) is 7.51. The molecule has 66 heavy (non-hydrogen) atoms. The van der Waals surface area contributed by atoms with Crippen molar-refractivity contribution in [2.75, 3.05) is 13.2 Å². The minimum Gasteiger partial charge on any atom is -0.611 e. The number of carbonyl (C=O) groups excluding carboxylic acids is 2. The van der Waals surface area contributed by atoms with E-state index < -0.39 is 15.9 Å². The molecule has 15 heteroatoms. The number of benzene rings is 4. The lowest BCUT2D eigenvalue weighted by molar-refractivity contribution is -0.143. The molecule has 1 unspecified atom stereocenters. The fourth-order valence-corrected chi connectivity index (χ4v) is 10.1. The van der Waals surface area contributed by atoms with Gasteiger partial charge in [-0.1, -0.05) is 36.4 Å². The van der Waals surface area contributed by atoms with Gasteiger partial charge in [0, 0.05) is 57.3 Å². The van der Waals surface area contributed by atoms with Crippen molar-refractivity contribution in [2.24, 2.45) is 5.73 Å². The number of furan rings is 2. The van der Waals surface area contributed by atoms with Gasteiger partial charge in [-0.25, -0.2) is 9.97 Å². The molecule has 0 bridgehead atoms. The molecular formula is C51H49N3O9S3. The van der Waals surface area contributed by atoms with Gasteiger partial charge >= 0.3 is 11.9 Å². The lowest BCUT2D eigenvalue weighted by atomic mass is 9.98. The first kappa shape index (κ1) is 46.3. The summed E-state index contributed by atoms with van der Waals surface area (Å²) in [7, 11) is 0. The lowest BCUT2D eigenvalue weighted by Crippen LogP contribution is -2.32. The Labute approximate surface area is 393 Å². The number of para-hydroxylation sites is 2. The molecule has 340 valence electrons. The zero-order valence-corrected chi connectivity index (χ0v) is 39.4. The number of esters is 2. The Kier molecular flexibility index (Phi) is 14.7. The number of hydrogen-bond acceptors (Lipinski definition) is 14. The van der Waals surface area contributed by atoms with Crippen LogP contribution in [0.4, 0.5) is 0 Å². The lowest BCUT2D eigenvalue weighted by Gasteiger charge is -2.25. The summed E-state index contributed by atoms with van der Waals surface area (Å²) >= 11 is 1.52. The van der Waals surface area contributed by atoms with Crippen molar-refractivity contribution < 1.29 is 41.9 Å². The second kappa shape index (κ2) is 20.9. The van der Waals surface area contributed by atoms with E-state index >= 15 is 0 Å². The van der Waals surface area contributed by atoms with Crippen LogP contribution in [0, 0.1) is 0 Å². The molecule has 8 rings (SSSR count). The molecule has 0 aliphatic heterocycles. The van der Waals surface area contributed by atoms with Crippen LogP contribution in [0.5, 0.6) is 11.5 Å². The maximum atomic E-state index is 14.1. The smallest absolute Gasteiger partial charge is 0.310 e. The van der Waals surface area contributed by atoms with Gasteiger partial charge in [0.25, 0.3) is 0 Å². The topological polar surface area (TPSA) is 172 Å². The molecule has 8 aromatic rings. The average Bonchev–Trinajstić information content (AvgIpc) is 4.15. The molecule has 4 heterocycles. The van der Waals surface area contributed by atoms with Crippen LogP contribution in [0.2, 0.25) is 0 Å². The molecule has 0 aliphatic carbocycles. The summed E-state index contributed by atoms with van der Waals surface area (Å²) in [6.45, 7) is 8.91. The van der Waals surface area contributed by atoms with Gasteiger partial charge in [-0.15, -0.1) is 22.7 Å². The molecule has 0 saturated heterocycles. The van der Waals surface area contributed by atoms with Gasteiger partial charge in [-0.3, -0.25) is 9.59 Å². The molecule has 2 N–H and O–H groups in total. The highest BCUT2D eigenvalue weighted by atomic mass is 32.2. The van der Waals surface area contributed by atoms with Crippen molar-refractivity contribution in [3.8, 4) is 32.6 Å². The van der Waals surface area contributed by atoms with E-state index in [1.165, 1.54) is 22.7 Å². The minimum absolute atomic E-state index is 0.0997. The van der Waals surface area contributed by atoms with Crippen LogP contribution in [-0.4, -0.2) is 44.4 Å². The third kappa shape index (κ3) is 10.9. The van der Waals surface area contributed by atoms with E-state index in [-0.39, 0.29) is 38.0 Å². The highest BCUT2D eigenvalue weighted by molar-refractivity contribution is 7.95. The third-order valence-corrected chi connectivity index (χ3v) is 14.1. The van der Waals surface area contributed by atoms with Gasteiger partial charge < -0.3 is 38.1 Å². The predicted octanol–water partition coefficient (Wildman–Crippen LogP) is 11.0. The van der Waals surface area contributed by atoms with E-state index in [4.69, 9.17) is 43.5 Å². The molecule has 12 nitrogen and oxygen atoms in total. The number of nitrogens with zero attached hydrogens (tertiary/aromatic N) is 2. The number of thiazole rings is 2. The van der Waals surface area contributed by atoms with Gasteiger partial charge in [-0.05, 0) is 92.5 Å². The van der Waals surface area contributed by atoms with Gasteiger partial charge in [-0.2, -0.15) is 0 Å². The molecule has 0 fully saturated rings. The zero-order valence-electron chi connectivity index (χ0n) is 37.0. The van der Waals surface area contributed by atoms with E-state index in [9.17, 15) is 14.1 Å². The monoisotopic (exact) mass is 943 g/mol. The standard InChI is InChI=1S/C51H49N3O9S3/c1-5-58-45(55)23-34-11-7-9-13-43(34)61-27-32-19-36-15-17-60-47(36)41(21-32)49-53-38(30-64-49)16-18-66(57)51(3,4)25-37-29-63-48-40(37)20-33(22-42(48)50-54-39(26-52)31-65-50)28-62-44-14-10-8-12-35(44)24-46(56)59-6-2/h7-22,29-31H,5-6,23-28,52H2,1-4H3/b18-16+. The van der Waals surface area contributed by atoms with Crippen molar-refractivity contribution in [3.63, 3.8) is 0 Å². The molecule has 0 aliphatic rings. The number of nitrogens with two attached hydrogens (primary N) is 1. The van der Waals surface area contributed by atoms with Crippen LogP contribution in [-0.2, 0) is 69.3 Å². The molecular weight excluding hydrogens is 895 g/mol. The Morgan fingerprint density at radius 3 is 2.02 bits per heavy atom. The first-order valence-electron chi connectivity index (χ1n) is 21.5. The van der Waals surface area contributed by atoms with Crippen LogP contribution < -0.4 is 15.2 Å². The van der Waals surface area contributed by atoms with E-state index in [1.54, 1.807) is 37.9 Å². The maximum absolute atomic E-state index is 14.1. The summed E-state index contributed by atoms with van der Waals surface area (Å²) in [5, 5.41) is 8.84. The minimum atomic E-state index is -1.43. The molecule has 4 aromatic carbocycles. The van der Waals surface area contributed by atoms with Crippen LogP contribution in [0.25, 0.3) is 49.2 Å². The third-order valence-electron chi connectivity index (χ3n) is 10.7. The summed E-state index contributed by atoms with van der Waals surface area (Å²) in [6, 6.07) is 24.9. The molecule has 1 atom stereocenters. The maximum Gasteiger partial charge on any atom is 0.310 e. The Hall–Kier alpha value is -6.23. The average molecular weight is 944 g/mol.